The summed E-state index contributed by atoms with van der Waals surface area (Å²) >= 11 is 0. The van der Waals surface area contributed by atoms with Gasteiger partial charge in [-0.3, -0.25) is 9.59 Å². The molecule has 0 radical (unpaired) electrons. The molecular weight excluding hydrogens is 234 g/mol. The number of aliphatic carboxylic acids is 1. The number of carboxylic acid groups (broad SMARTS) is 1. The third-order valence-corrected chi connectivity index (χ3v) is 4.16. The van der Waals surface area contributed by atoms with Crippen molar-refractivity contribution >= 4 is 11.9 Å². The smallest absolute Gasteiger partial charge is 0.305 e. The molecule has 18 heavy (non-hydrogen) atoms. The summed E-state index contributed by atoms with van der Waals surface area (Å²) in [5.74, 6) is -0.832. The number of hydrogen-bond acceptors (Lipinski definition) is 3. The van der Waals surface area contributed by atoms with Crippen LogP contribution < -0.4 is 5.32 Å². The Bertz CT molecular complexity index is 358. The van der Waals surface area contributed by atoms with E-state index < -0.39 is 11.5 Å². The lowest BCUT2D eigenvalue weighted by Gasteiger charge is -2.37. The van der Waals surface area contributed by atoms with Gasteiger partial charge in [-0.15, -0.1) is 0 Å². The van der Waals surface area contributed by atoms with Crippen LogP contribution in [0.1, 0.15) is 39.5 Å². The lowest BCUT2D eigenvalue weighted by molar-refractivity contribution is -0.140. The molecule has 2 aliphatic rings. The fourth-order valence-corrected chi connectivity index (χ4v) is 2.66. The quantitative estimate of drug-likeness (QED) is 0.790. The molecule has 2 rings (SSSR count). The van der Waals surface area contributed by atoms with Gasteiger partial charge in [0.05, 0.1) is 12.0 Å². The van der Waals surface area contributed by atoms with Crippen LogP contribution in [0.25, 0.3) is 0 Å². The van der Waals surface area contributed by atoms with Crippen LogP contribution in [0.5, 0.6) is 0 Å². The van der Waals surface area contributed by atoms with Gasteiger partial charge in [0.25, 0.3) is 0 Å². The number of carbonyl (C=O) groups is 2. The van der Waals surface area contributed by atoms with E-state index in [9.17, 15) is 9.59 Å². The second-order valence-electron chi connectivity index (χ2n) is 6.20. The molecule has 1 heterocycles. The fourth-order valence-electron chi connectivity index (χ4n) is 2.66. The summed E-state index contributed by atoms with van der Waals surface area (Å²) in [5, 5.41) is 12.0. The summed E-state index contributed by atoms with van der Waals surface area (Å²) < 4.78 is 5.26. The van der Waals surface area contributed by atoms with Gasteiger partial charge in [-0.1, -0.05) is 13.8 Å². The van der Waals surface area contributed by atoms with Crippen molar-refractivity contribution in [2.24, 2.45) is 11.3 Å². The molecule has 0 spiro atoms. The average molecular weight is 255 g/mol. The van der Waals surface area contributed by atoms with E-state index in [0.29, 0.717) is 26.1 Å². The Morgan fingerprint density at radius 1 is 1.33 bits per heavy atom. The van der Waals surface area contributed by atoms with Crippen LogP contribution >= 0.6 is 0 Å². The predicted molar refractivity (Wildman–Crippen MR) is 65.1 cm³/mol. The Morgan fingerprint density at radius 2 is 1.89 bits per heavy atom. The monoisotopic (exact) mass is 255 g/mol. The maximum atomic E-state index is 12.1. The van der Waals surface area contributed by atoms with E-state index in [2.05, 4.69) is 19.2 Å². The summed E-state index contributed by atoms with van der Waals surface area (Å²) in [7, 11) is 0. The van der Waals surface area contributed by atoms with E-state index in [1.165, 1.54) is 0 Å². The average Bonchev–Trinajstić information content (AvgIpc) is 2.88. The highest BCUT2D eigenvalue weighted by molar-refractivity contribution is 5.83. The zero-order valence-corrected chi connectivity index (χ0v) is 11.0. The summed E-state index contributed by atoms with van der Waals surface area (Å²) in [6.07, 6.45) is 2.03. The minimum atomic E-state index is -0.868. The molecule has 1 atom stereocenters. The first-order valence-electron chi connectivity index (χ1n) is 6.46. The first-order chi connectivity index (χ1) is 8.35. The third kappa shape index (κ3) is 2.83. The normalized spacial score (nSPS) is 28.4. The van der Waals surface area contributed by atoms with Crippen molar-refractivity contribution in [3.8, 4) is 0 Å². The molecule has 0 aromatic heterocycles. The molecule has 0 bridgehead atoms. The van der Waals surface area contributed by atoms with Crippen molar-refractivity contribution in [3.05, 3.63) is 0 Å². The molecule has 1 saturated heterocycles. The van der Waals surface area contributed by atoms with E-state index in [4.69, 9.17) is 9.84 Å². The van der Waals surface area contributed by atoms with Crippen LogP contribution in [0.15, 0.2) is 0 Å². The van der Waals surface area contributed by atoms with E-state index >= 15 is 0 Å². The minimum absolute atomic E-state index is 0.00292. The molecule has 102 valence electrons. The highest BCUT2D eigenvalue weighted by atomic mass is 16.5. The Balaban J connectivity index is 2.01. The molecular formula is C13H21NO4. The van der Waals surface area contributed by atoms with Crippen LogP contribution in [-0.4, -0.2) is 35.7 Å². The van der Waals surface area contributed by atoms with E-state index in [-0.39, 0.29) is 23.7 Å². The van der Waals surface area contributed by atoms with Crippen LogP contribution in [0.3, 0.4) is 0 Å². The lowest BCUT2D eigenvalue weighted by atomic mass is 9.86. The first-order valence-corrected chi connectivity index (χ1v) is 6.46. The third-order valence-electron chi connectivity index (χ3n) is 4.16. The molecule has 5 nitrogen and oxygen atoms in total. The molecule has 1 amide bonds. The van der Waals surface area contributed by atoms with Gasteiger partial charge in [-0.05, 0) is 24.7 Å². The van der Waals surface area contributed by atoms with E-state index in [1.807, 2.05) is 0 Å². The van der Waals surface area contributed by atoms with E-state index in [0.717, 1.165) is 6.42 Å². The van der Waals surface area contributed by atoms with Gasteiger partial charge in [0.1, 0.15) is 0 Å². The molecule has 1 saturated carbocycles. The van der Waals surface area contributed by atoms with Gasteiger partial charge in [0.2, 0.25) is 5.91 Å². The zero-order chi connectivity index (χ0) is 13.4. The summed E-state index contributed by atoms with van der Waals surface area (Å²) in [6.45, 7) is 5.15. The van der Waals surface area contributed by atoms with Crippen molar-refractivity contribution in [2.75, 3.05) is 13.2 Å². The molecule has 2 fully saturated rings. The van der Waals surface area contributed by atoms with Crippen molar-refractivity contribution in [2.45, 2.75) is 45.1 Å². The van der Waals surface area contributed by atoms with E-state index in [1.54, 1.807) is 0 Å². The highest BCUT2D eigenvalue weighted by Crippen LogP contribution is 2.52. The van der Waals surface area contributed by atoms with Crippen LogP contribution in [-0.2, 0) is 14.3 Å². The maximum Gasteiger partial charge on any atom is 0.305 e. The van der Waals surface area contributed by atoms with Crippen LogP contribution in [0.2, 0.25) is 0 Å². The molecule has 0 aromatic rings. The molecule has 5 heteroatoms. The summed E-state index contributed by atoms with van der Waals surface area (Å²) in [5.41, 5.74) is -0.542. The van der Waals surface area contributed by atoms with Gasteiger partial charge in [-0.25, -0.2) is 0 Å². The number of amides is 1. The molecule has 0 unspecified atom stereocenters. The van der Waals surface area contributed by atoms with Crippen LogP contribution in [0.4, 0.5) is 0 Å². The Kier molecular flexibility index (Phi) is 3.36. The number of carbonyl (C=O) groups excluding carboxylic acids is 1. The highest BCUT2D eigenvalue weighted by Gasteiger charge is 2.52. The molecule has 1 aliphatic carbocycles. The number of carboxylic acids is 1. The predicted octanol–water partition coefficient (Wildman–Crippen LogP) is 1.17. The standard InChI is InChI=1S/C13H21NO4/c1-12(2)7-9(12)11(17)14-13(8-10(15)16)3-5-18-6-4-13/h9H,3-8H2,1-2H3,(H,14,17)(H,15,16)/t9-/m1/s1. The van der Waals surface area contributed by atoms with Gasteiger partial charge < -0.3 is 15.2 Å². The Labute approximate surface area is 107 Å². The van der Waals surface area contributed by atoms with Crippen molar-refractivity contribution in [3.63, 3.8) is 0 Å². The number of ether oxygens (including phenoxy) is 1. The number of hydrogen-bond donors (Lipinski definition) is 2. The van der Waals surface area contributed by atoms with Gasteiger partial charge >= 0.3 is 5.97 Å². The second kappa shape index (κ2) is 4.53. The van der Waals surface area contributed by atoms with Crippen molar-refractivity contribution in [1.29, 1.82) is 0 Å². The van der Waals surface area contributed by atoms with Crippen LogP contribution in [0, 0.1) is 11.3 Å². The first kappa shape index (κ1) is 13.3. The zero-order valence-electron chi connectivity index (χ0n) is 11.0. The Morgan fingerprint density at radius 3 is 2.33 bits per heavy atom. The van der Waals surface area contributed by atoms with Crippen molar-refractivity contribution < 1.29 is 19.4 Å². The number of nitrogens with one attached hydrogen (secondary N) is 1. The Hall–Kier alpha value is -1.10. The number of rotatable bonds is 4. The largest absolute Gasteiger partial charge is 0.481 e. The van der Waals surface area contributed by atoms with Gasteiger partial charge in [-0.2, -0.15) is 0 Å². The molecule has 0 aromatic carbocycles. The second-order valence-corrected chi connectivity index (χ2v) is 6.20. The summed E-state index contributed by atoms with van der Waals surface area (Å²) in [4.78, 5) is 23.1. The minimum Gasteiger partial charge on any atom is -0.481 e. The fraction of sp³-hybridized carbons (Fsp3) is 0.846. The lowest BCUT2D eigenvalue weighted by Crippen LogP contribution is -2.53. The van der Waals surface area contributed by atoms with Gasteiger partial charge in [0, 0.05) is 19.1 Å². The molecule has 2 N–H and O–H groups in total. The molecule has 1 aliphatic heterocycles. The van der Waals surface area contributed by atoms with Crippen molar-refractivity contribution in [1.82, 2.24) is 5.32 Å². The SMILES string of the molecule is CC1(C)C[C@@H]1C(=O)NC1(CC(=O)O)CCOCC1. The summed E-state index contributed by atoms with van der Waals surface area (Å²) in [6, 6.07) is 0. The van der Waals surface area contributed by atoms with Gasteiger partial charge in [0.15, 0.2) is 0 Å². The maximum absolute atomic E-state index is 12.1. The topological polar surface area (TPSA) is 75.6 Å².